The number of aromatic nitrogens is 2. The molecule has 5 heterocycles. The van der Waals surface area contributed by atoms with E-state index < -0.39 is 0 Å². The maximum Gasteiger partial charge on any atom is 0.223 e. The highest BCUT2D eigenvalue weighted by atomic mass is 16.5. The van der Waals surface area contributed by atoms with E-state index in [-0.39, 0.29) is 11.6 Å². The van der Waals surface area contributed by atoms with E-state index in [1.54, 1.807) is 0 Å². The highest BCUT2D eigenvalue weighted by Crippen LogP contribution is 2.40. The van der Waals surface area contributed by atoms with Crippen LogP contribution >= 0.6 is 0 Å². The number of aryl methyl sites for hydroxylation is 1. The molecule has 2 aromatic rings. The molecule has 29 heavy (non-hydrogen) atoms. The largest absolute Gasteiger partial charge is 0.376 e. The summed E-state index contributed by atoms with van der Waals surface area (Å²) in [6.45, 7) is 6.81. The Morgan fingerprint density at radius 1 is 1.21 bits per heavy atom. The quantitative estimate of drug-likeness (QED) is 0.797. The molecular formula is C23H32N4O2. The van der Waals surface area contributed by atoms with Crippen molar-refractivity contribution in [1.82, 2.24) is 19.2 Å². The Labute approximate surface area is 172 Å². The minimum absolute atomic E-state index is 0.0474. The van der Waals surface area contributed by atoms with Crippen LogP contribution in [0.3, 0.4) is 0 Å². The van der Waals surface area contributed by atoms with E-state index in [0.29, 0.717) is 12.3 Å². The lowest BCUT2D eigenvalue weighted by Gasteiger charge is -2.39. The van der Waals surface area contributed by atoms with E-state index in [9.17, 15) is 4.79 Å². The second kappa shape index (κ2) is 7.73. The molecule has 0 aliphatic carbocycles. The molecule has 3 fully saturated rings. The van der Waals surface area contributed by atoms with Gasteiger partial charge in [0.25, 0.3) is 0 Å². The molecule has 6 heteroatoms. The first-order valence-electron chi connectivity index (χ1n) is 11.2. The summed E-state index contributed by atoms with van der Waals surface area (Å²) < 4.78 is 8.03. The molecule has 0 bridgehead atoms. The van der Waals surface area contributed by atoms with Gasteiger partial charge in [0.05, 0.1) is 11.8 Å². The molecule has 2 atom stereocenters. The van der Waals surface area contributed by atoms with E-state index >= 15 is 0 Å². The summed E-state index contributed by atoms with van der Waals surface area (Å²) in [6.07, 6.45) is 9.61. The topological polar surface area (TPSA) is 50.1 Å². The second-order valence-corrected chi connectivity index (χ2v) is 9.07. The molecule has 6 nitrogen and oxygen atoms in total. The van der Waals surface area contributed by atoms with Crippen LogP contribution in [0.5, 0.6) is 0 Å². The van der Waals surface area contributed by atoms with Crippen molar-refractivity contribution in [3.63, 3.8) is 0 Å². The van der Waals surface area contributed by atoms with Gasteiger partial charge in [-0.1, -0.05) is 6.07 Å². The van der Waals surface area contributed by atoms with Crippen LogP contribution in [0.1, 0.15) is 56.3 Å². The standard InChI is InChI=1S/C23H32N4O2/c1-18-20(24-21-7-2-3-13-26(18)21)17-25-12-5-9-23(11-14-25)10-8-22(28)27(23)16-19-6-4-15-29-19/h2-3,7,13,19H,4-6,8-12,14-17H2,1H3. The summed E-state index contributed by atoms with van der Waals surface area (Å²) >= 11 is 0. The van der Waals surface area contributed by atoms with Crippen molar-refractivity contribution >= 4 is 11.6 Å². The molecule has 1 amide bonds. The van der Waals surface area contributed by atoms with E-state index in [1.165, 1.54) is 11.4 Å². The van der Waals surface area contributed by atoms with Crippen molar-refractivity contribution in [3.05, 3.63) is 35.8 Å². The smallest absolute Gasteiger partial charge is 0.223 e. The third-order valence-corrected chi connectivity index (χ3v) is 7.34. The fourth-order valence-corrected chi connectivity index (χ4v) is 5.60. The molecule has 2 aromatic heterocycles. The average molecular weight is 397 g/mol. The highest BCUT2D eigenvalue weighted by molar-refractivity contribution is 5.79. The summed E-state index contributed by atoms with van der Waals surface area (Å²) in [7, 11) is 0. The van der Waals surface area contributed by atoms with Crippen LogP contribution in [0.4, 0.5) is 0 Å². The van der Waals surface area contributed by atoms with Gasteiger partial charge in [-0.25, -0.2) is 4.98 Å². The average Bonchev–Trinajstić information content (AvgIpc) is 3.38. The van der Waals surface area contributed by atoms with Crippen molar-refractivity contribution in [1.29, 1.82) is 0 Å². The minimum atomic E-state index is 0.0474. The van der Waals surface area contributed by atoms with Gasteiger partial charge in [-0.05, 0) is 64.1 Å². The molecule has 156 valence electrons. The van der Waals surface area contributed by atoms with Gasteiger partial charge in [0, 0.05) is 50.1 Å². The molecule has 0 N–H and O–H groups in total. The van der Waals surface area contributed by atoms with Crippen LogP contribution in [0.15, 0.2) is 24.4 Å². The maximum atomic E-state index is 12.7. The number of imidazole rings is 1. The fourth-order valence-electron chi connectivity index (χ4n) is 5.60. The Morgan fingerprint density at radius 2 is 2.14 bits per heavy atom. The van der Waals surface area contributed by atoms with Crippen LogP contribution < -0.4 is 0 Å². The summed E-state index contributed by atoms with van der Waals surface area (Å²) in [5.74, 6) is 0.338. The summed E-state index contributed by atoms with van der Waals surface area (Å²) in [6, 6.07) is 6.17. The SMILES string of the molecule is Cc1c(CN2CCCC3(CCC(=O)N3CC3CCCO3)CC2)nc2ccccn12. The van der Waals surface area contributed by atoms with Gasteiger partial charge in [0.1, 0.15) is 5.65 Å². The van der Waals surface area contributed by atoms with Gasteiger partial charge in [-0.15, -0.1) is 0 Å². The molecule has 3 saturated heterocycles. The third kappa shape index (κ3) is 3.57. The van der Waals surface area contributed by atoms with Crippen LogP contribution in [0.2, 0.25) is 0 Å². The van der Waals surface area contributed by atoms with E-state index in [2.05, 4.69) is 39.5 Å². The first kappa shape index (κ1) is 19.1. The lowest BCUT2D eigenvalue weighted by atomic mass is 9.87. The summed E-state index contributed by atoms with van der Waals surface area (Å²) in [5, 5.41) is 0. The third-order valence-electron chi connectivity index (χ3n) is 7.34. The number of hydrogen-bond donors (Lipinski definition) is 0. The van der Waals surface area contributed by atoms with Gasteiger partial charge in [0.2, 0.25) is 5.91 Å². The lowest BCUT2D eigenvalue weighted by molar-refractivity contribution is -0.133. The molecular weight excluding hydrogens is 364 g/mol. The monoisotopic (exact) mass is 396 g/mol. The van der Waals surface area contributed by atoms with Crippen molar-refractivity contribution < 1.29 is 9.53 Å². The van der Waals surface area contributed by atoms with Gasteiger partial charge < -0.3 is 14.0 Å². The van der Waals surface area contributed by atoms with Crippen LogP contribution in [0, 0.1) is 6.92 Å². The Balaban J connectivity index is 1.29. The minimum Gasteiger partial charge on any atom is -0.376 e. The predicted molar refractivity (Wildman–Crippen MR) is 112 cm³/mol. The Hall–Kier alpha value is -1.92. The Bertz CT molecular complexity index is 888. The number of amides is 1. The number of nitrogens with zero attached hydrogens (tertiary/aromatic N) is 4. The molecule has 3 aliphatic rings. The van der Waals surface area contributed by atoms with E-state index in [1.807, 2.05) is 6.07 Å². The second-order valence-electron chi connectivity index (χ2n) is 9.07. The van der Waals surface area contributed by atoms with Crippen molar-refractivity contribution in [2.24, 2.45) is 0 Å². The van der Waals surface area contributed by atoms with Crippen LogP contribution in [-0.2, 0) is 16.1 Å². The number of fused-ring (bicyclic) bond motifs is 1. The first-order chi connectivity index (χ1) is 14.1. The number of pyridine rings is 1. The van der Waals surface area contributed by atoms with Gasteiger partial charge in [0.15, 0.2) is 0 Å². The van der Waals surface area contributed by atoms with E-state index in [4.69, 9.17) is 9.72 Å². The van der Waals surface area contributed by atoms with E-state index in [0.717, 1.165) is 77.0 Å². The molecule has 0 radical (unpaired) electrons. The van der Waals surface area contributed by atoms with Crippen LogP contribution in [0.25, 0.3) is 5.65 Å². The molecule has 1 spiro atoms. The first-order valence-corrected chi connectivity index (χ1v) is 11.2. The number of rotatable bonds is 4. The Kier molecular flexibility index (Phi) is 5.08. The molecule has 0 saturated carbocycles. The van der Waals surface area contributed by atoms with Gasteiger partial charge in [-0.3, -0.25) is 9.69 Å². The number of carbonyl (C=O) groups is 1. The number of carbonyl (C=O) groups excluding carboxylic acids is 1. The number of ether oxygens (including phenoxy) is 1. The normalized spacial score (nSPS) is 28.7. The number of hydrogen-bond acceptors (Lipinski definition) is 4. The zero-order valence-electron chi connectivity index (χ0n) is 17.5. The zero-order valence-corrected chi connectivity index (χ0v) is 17.5. The maximum absolute atomic E-state index is 12.7. The highest BCUT2D eigenvalue weighted by Gasteiger charge is 2.46. The molecule has 2 unspecified atom stereocenters. The lowest BCUT2D eigenvalue weighted by Crippen LogP contribution is -2.49. The van der Waals surface area contributed by atoms with Gasteiger partial charge in [-0.2, -0.15) is 0 Å². The van der Waals surface area contributed by atoms with Gasteiger partial charge >= 0.3 is 0 Å². The van der Waals surface area contributed by atoms with Crippen molar-refractivity contribution in [2.45, 2.75) is 70.1 Å². The number of likely N-dealkylation sites (tertiary alicyclic amines) is 2. The molecule has 0 aromatic carbocycles. The fraction of sp³-hybridized carbons (Fsp3) is 0.652. The molecule has 5 rings (SSSR count). The van der Waals surface area contributed by atoms with Crippen molar-refractivity contribution in [3.8, 4) is 0 Å². The van der Waals surface area contributed by atoms with Crippen LogP contribution in [-0.4, -0.2) is 63.0 Å². The Morgan fingerprint density at radius 3 is 2.97 bits per heavy atom. The summed E-state index contributed by atoms with van der Waals surface area (Å²) in [4.78, 5) is 22.3. The predicted octanol–water partition coefficient (Wildman–Crippen LogP) is 3.17. The summed E-state index contributed by atoms with van der Waals surface area (Å²) in [5.41, 5.74) is 3.48. The zero-order chi connectivity index (χ0) is 19.8. The molecule has 3 aliphatic heterocycles. The van der Waals surface area contributed by atoms with Crippen molar-refractivity contribution in [2.75, 3.05) is 26.2 Å².